The van der Waals surface area contributed by atoms with E-state index in [0.29, 0.717) is 5.82 Å². The number of hydrogen-bond acceptors (Lipinski definition) is 2. The molecule has 0 N–H and O–H groups in total. The van der Waals surface area contributed by atoms with Crippen LogP contribution < -0.4 is 0 Å². The summed E-state index contributed by atoms with van der Waals surface area (Å²) < 4.78 is 38.2. The highest BCUT2D eigenvalue weighted by molar-refractivity contribution is 5.76. The molecule has 1 aliphatic carbocycles. The topological polar surface area (TPSA) is 38.1 Å². The molecule has 0 aliphatic heterocycles. The maximum atomic E-state index is 12.2. The SMILES string of the molecule is Cn1ccnc1CN(C(=O)CCC(F)(F)F)C1CC1. The van der Waals surface area contributed by atoms with E-state index in [4.69, 9.17) is 0 Å². The molecular weight excluding hydrogens is 259 g/mol. The number of amides is 1. The van der Waals surface area contributed by atoms with Gasteiger partial charge in [-0.2, -0.15) is 13.2 Å². The third-order valence-electron chi connectivity index (χ3n) is 3.16. The molecule has 19 heavy (non-hydrogen) atoms. The minimum absolute atomic E-state index is 0.0810. The monoisotopic (exact) mass is 275 g/mol. The Morgan fingerprint density at radius 3 is 2.68 bits per heavy atom. The number of rotatable bonds is 5. The van der Waals surface area contributed by atoms with Crippen LogP contribution in [0, 0.1) is 0 Å². The van der Waals surface area contributed by atoms with Gasteiger partial charge in [-0.3, -0.25) is 4.79 Å². The predicted octanol–water partition coefficient (Wildman–Crippen LogP) is 2.25. The Morgan fingerprint density at radius 2 is 2.21 bits per heavy atom. The zero-order chi connectivity index (χ0) is 14.0. The van der Waals surface area contributed by atoms with Crippen molar-refractivity contribution in [2.75, 3.05) is 0 Å². The van der Waals surface area contributed by atoms with Gasteiger partial charge in [-0.05, 0) is 12.8 Å². The molecule has 1 aromatic heterocycles. The Balaban J connectivity index is 1.96. The van der Waals surface area contributed by atoms with Crippen molar-refractivity contribution in [1.29, 1.82) is 0 Å². The largest absolute Gasteiger partial charge is 0.389 e. The maximum Gasteiger partial charge on any atom is 0.389 e. The van der Waals surface area contributed by atoms with E-state index < -0.39 is 24.9 Å². The molecule has 1 amide bonds. The van der Waals surface area contributed by atoms with Gasteiger partial charge in [0.15, 0.2) is 0 Å². The predicted molar refractivity (Wildman–Crippen MR) is 62.1 cm³/mol. The van der Waals surface area contributed by atoms with Crippen molar-refractivity contribution in [2.24, 2.45) is 7.05 Å². The second kappa shape index (κ2) is 5.22. The Kier molecular flexibility index (Phi) is 3.82. The lowest BCUT2D eigenvalue weighted by atomic mass is 10.2. The van der Waals surface area contributed by atoms with Crippen molar-refractivity contribution in [3.63, 3.8) is 0 Å². The van der Waals surface area contributed by atoms with Gasteiger partial charge in [0.1, 0.15) is 5.82 Å². The first-order valence-corrected chi connectivity index (χ1v) is 6.19. The first kappa shape index (κ1) is 13.9. The fourth-order valence-corrected chi connectivity index (χ4v) is 1.90. The van der Waals surface area contributed by atoms with Crippen molar-refractivity contribution < 1.29 is 18.0 Å². The summed E-state index contributed by atoms with van der Waals surface area (Å²) in [5.74, 6) is 0.245. The molecule has 0 radical (unpaired) electrons. The molecule has 0 aromatic carbocycles. The van der Waals surface area contributed by atoms with Crippen LogP contribution in [0.1, 0.15) is 31.5 Å². The van der Waals surface area contributed by atoms with Gasteiger partial charge in [-0.25, -0.2) is 4.98 Å². The number of aryl methyl sites for hydroxylation is 1. The van der Waals surface area contributed by atoms with E-state index in [2.05, 4.69) is 4.98 Å². The highest BCUT2D eigenvalue weighted by atomic mass is 19.4. The van der Waals surface area contributed by atoms with E-state index >= 15 is 0 Å². The van der Waals surface area contributed by atoms with Gasteiger partial charge < -0.3 is 9.47 Å². The van der Waals surface area contributed by atoms with Gasteiger partial charge in [0, 0.05) is 31.9 Å². The van der Waals surface area contributed by atoms with Crippen molar-refractivity contribution in [3.8, 4) is 0 Å². The van der Waals surface area contributed by atoms with E-state index in [1.807, 2.05) is 0 Å². The van der Waals surface area contributed by atoms with Gasteiger partial charge in [0.05, 0.1) is 13.0 Å². The minimum Gasteiger partial charge on any atom is -0.337 e. The fraction of sp³-hybridized carbons (Fsp3) is 0.667. The molecule has 0 atom stereocenters. The van der Waals surface area contributed by atoms with Crippen molar-refractivity contribution in [3.05, 3.63) is 18.2 Å². The summed E-state index contributed by atoms with van der Waals surface area (Å²) in [7, 11) is 1.80. The first-order valence-electron chi connectivity index (χ1n) is 6.19. The van der Waals surface area contributed by atoms with Gasteiger partial charge in [-0.15, -0.1) is 0 Å². The van der Waals surface area contributed by atoms with Crippen LogP contribution in [0.25, 0.3) is 0 Å². The smallest absolute Gasteiger partial charge is 0.337 e. The van der Waals surface area contributed by atoms with Crippen LogP contribution in [0.15, 0.2) is 12.4 Å². The van der Waals surface area contributed by atoms with Crippen LogP contribution in [0.2, 0.25) is 0 Å². The summed E-state index contributed by atoms with van der Waals surface area (Å²) in [6.07, 6.45) is -0.736. The number of imidazole rings is 1. The van der Waals surface area contributed by atoms with E-state index in [-0.39, 0.29) is 12.6 Å². The second-order valence-corrected chi connectivity index (χ2v) is 4.82. The number of halogens is 3. The molecule has 0 bridgehead atoms. The van der Waals surface area contributed by atoms with Gasteiger partial charge in [0.2, 0.25) is 5.91 Å². The normalized spacial score (nSPS) is 15.6. The summed E-state index contributed by atoms with van der Waals surface area (Å²) in [6, 6.07) is 0.0810. The average Bonchev–Trinajstić information content (AvgIpc) is 3.07. The summed E-state index contributed by atoms with van der Waals surface area (Å²) in [4.78, 5) is 17.5. The third-order valence-corrected chi connectivity index (χ3v) is 3.16. The van der Waals surface area contributed by atoms with Crippen LogP contribution in [-0.4, -0.2) is 32.6 Å². The Bertz CT molecular complexity index is 451. The molecular formula is C12H16F3N3O. The molecule has 2 rings (SSSR count). The number of carbonyl (C=O) groups is 1. The standard InChI is InChI=1S/C12H16F3N3O/c1-17-7-6-16-10(17)8-18(9-2-3-9)11(19)4-5-12(13,14)15/h6-7,9H,2-5,8H2,1H3. The van der Waals surface area contributed by atoms with Crippen LogP contribution >= 0.6 is 0 Å². The molecule has 1 aliphatic rings. The molecule has 1 heterocycles. The van der Waals surface area contributed by atoms with Crippen LogP contribution in [0.4, 0.5) is 13.2 Å². The maximum absolute atomic E-state index is 12.2. The molecule has 1 saturated carbocycles. The summed E-state index contributed by atoms with van der Waals surface area (Å²) in [6.45, 7) is 0.283. The van der Waals surface area contributed by atoms with Crippen LogP contribution in [0.3, 0.4) is 0 Å². The number of carbonyl (C=O) groups excluding carboxylic acids is 1. The fourth-order valence-electron chi connectivity index (χ4n) is 1.90. The lowest BCUT2D eigenvalue weighted by Crippen LogP contribution is -2.34. The van der Waals surface area contributed by atoms with Crippen molar-refractivity contribution in [2.45, 2.75) is 44.4 Å². The van der Waals surface area contributed by atoms with Gasteiger partial charge in [-0.1, -0.05) is 0 Å². The summed E-state index contributed by atoms with van der Waals surface area (Å²) in [5.41, 5.74) is 0. The van der Waals surface area contributed by atoms with E-state index in [1.54, 1.807) is 24.0 Å². The van der Waals surface area contributed by atoms with Crippen molar-refractivity contribution >= 4 is 5.91 Å². The van der Waals surface area contributed by atoms with Gasteiger partial charge >= 0.3 is 6.18 Å². The molecule has 0 unspecified atom stereocenters. The lowest BCUT2D eigenvalue weighted by Gasteiger charge is -2.22. The molecule has 106 valence electrons. The highest BCUT2D eigenvalue weighted by Gasteiger charge is 2.35. The summed E-state index contributed by atoms with van der Waals surface area (Å²) in [5, 5.41) is 0. The van der Waals surface area contributed by atoms with E-state index in [0.717, 1.165) is 12.8 Å². The van der Waals surface area contributed by atoms with Gasteiger partial charge in [0.25, 0.3) is 0 Å². The quantitative estimate of drug-likeness (QED) is 0.826. The Morgan fingerprint density at radius 1 is 1.53 bits per heavy atom. The van der Waals surface area contributed by atoms with Crippen molar-refractivity contribution in [1.82, 2.24) is 14.5 Å². The molecule has 0 spiro atoms. The van der Waals surface area contributed by atoms with E-state index in [1.165, 1.54) is 4.90 Å². The minimum atomic E-state index is -4.28. The third kappa shape index (κ3) is 3.97. The average molecular weight is 275 g/mol. The number of hydrogen-bond donors (Lipinski definition) is 0. The zero-order valence-electron chi connectivity index (χ0n) is 10.7. The molecule has 1 aromatic rings. The van der Waals surface area contributed by atoms with Crippen LogP contribution in [0.5, 0.6) is 0 Å². The molecule has 1 fully saturated rings. The lowest BCUT2D eigenvalue weighted by molar-refractivity contribution is -0.149. The second-order valence-electron chi connectivity index (χ2n) is 4.82. The Labute approximate surface area is 109 Å². The number of nitrogens with zero attached hydrogens (tertiary/aromatic N) is 3. The Hall–Kier alpha value is -1.53. The number of aromatic nitrogens is 2. The first-order chi connectivity index (χ1) is 8.87. The highest BCUT2D eigenvalue weighted by Crippen LogP contribution is 2.30. The number of alkyl halides is 3. The summed E-state index contributed by atoms with van der Waals surface area (Å²) >= 11 is 0. The van der Waals surface area contributed by atoms with E-state index in [9.17, 15) is 18.0 Å². The van der Waals surface area contributed by atoms with Crippen LogP contribution in [-0.2, 0) is 18.4 Å². The molecule has 7 heteroatoms. The molecule has 4 nitrogen and oxygen atoms in total. The zero-order valence-corrected chi connectivity index (χ0v) is 10.7. The molecule has 0 saturated heterocycles.